The first kappa shape index (κ1) is 8.10. The molecule has 66 valence electrons. The van der Waals surface area contributed by atoms with Crippen LogP contribution in [0.15, 0.2) is 0 Å². The number of rotatable bonds is 2. The molecule has 3 rings (SSSR count). The third kappa shape index (κ3) is 1.48. The summed E-state index contributed by atoms with van der Waals surface area (Å²) < 4.78 is 5.61. The average molecular weight is 166 g/mol. The van der Waals surface area contributed by atoms with Gasteiger partial charge in [-0.2, -0.15) is 0 Å². The number of fused-ring (bicyclic) bond motifs is 3. The molecule has 1 atom stereocenters. The van der Waals surface area contributed by atoms with Crippen LogP contribution >= 0.6 is 0 Å². The minimum atomic E-state index is 0.457. The maximum atomic E-state index is 5.61. The van der Waals surface area contributed by atoms with Crippen LogP contribution in [0, 0.1) is 18.3 Å². The van der Waals surface area contributed by atoms with Gasteiger partial charge in [0.1, 0.15) is 19.3 Å². The first-order valence-corrected chi connectivity index (χ1v) is 4.79. The molecule has 3 fully saturated rings. The Labute approximate surface area is 73.9 Å². The van der Waals surface area contributed by atoms with Crippen molar-refractivity contribution in [1.82, 2.24) is 0 Å². The fraction of sp³-hybridized carbons (Fsp3) is 0.800. The van der Waals surface area contributed by atoms with Crippen LogP contribution in [-0.2, 0) is 4.74 Å². The summed E-state index contributed by atoms with van der Waals surface area (Å²) >= 11 is 0. The van der Waals surface area contributed by atoms with E-state index in [9.17, 15) is 0 Å². The van der Waals surface area contributed by atoms with Gasteiger partial charge in [-0.15, -0.1) is 6.42 Å². The Kier molecular flexibility index (Phi) is 2.34. The second-order valence-corrected chi connectivity index (χ2v) is 3.85. The van der Waals surface area contributed by atoms with E-state index in [1.165, 1.54) is 32.5 Å². The molecule has 0 spiro atoms. The number of piperidine rings is 3. The number of nitrogens with one attached hydrogen (secondary N) is 1. The summed E-state index contributed by atoms with van der Waals surface area (Å²) in [6.07, 6.45) is 8.29. The predicted molar refractivity (Wildman–Crippen MR) is 46.9 cm³/mol. The lowest BCUT2D eigenvalue weighted by atomic mass is 9.86. The van der Waals surface area contributed by atoms with Crippen LogP contribution in [0.3, 0.4) is 0 Å². The van der Waals surface area contributed by atoms with Crippen molar-refractivity contribution in [2.24, 2.45) is 5.92 Å². The van der Waals surface area contributed by atoms with Crippen LogP contribution < -0.4 is 4.90 Å². The van der Waals surface area contributed by atoms with E-state index in [4.69, 9.17) is 11.2 Å². The van der Waals surface area contributed by atoms with E-state index in [1.807, 2.05) is 0 Å². The zero-order chi connectivity index (χ0) is 8.39. The molecular formula is C10H16NO+. The Morgan fingerprint density at radius 2 is 2.17 bits per heavy atom. The average Bonchev–Trinajstić information content (AvgIpc) is 2.17. The lowest BCUT2D eigenvalue weighted by molar-refractivity contribution is -0.920. The highest BCUT2D eigenvalue weighted by Crippen LogP contribution is 2.20. The largest absolute Gasteiger partial charge is 0.359 e. The van der Waals surface area contributed by atoms with E-state index in [0.29, 0.717) is 12.7 Å². The molecule has 0 aromatic carbocycles. The minimum absolute atomic E-state index is 0.457. The molecule has 0 amide bonds. The Morgan fingerprint density at radius 3 is 2.67 bits per heavy atom. The molecule has 0 aromatic rings. The smallest absolute Gasteiger partial charge is 0.111 e. The van der Waals surface area contributed by atoms with Gasteiger partial charge in [-0.3, -0.25) is 0 Å². The number of hydrogen-bond acceptors (Lipinski definition) is 1. The second kappa shape index (κ2) is 3.47. The van der Waals surface area contributed by atoms with Gasteiger partial charge in [0.15, 0.2) is 0 Å². The van der Waals surface area contributed by atoms with Crippen LogP contribution in [0.1, 0.15) is 12.8 Å². The van der Waals surface area contributed by atoms with Crippen molar-refractivity contribution in [3.8, 4) is 12.3 Å². The number of quaternary nitrogens is 1. The summed E-state index contributed by atoms with van der Waals surface area (Å²) in [6.45, 7) is 4.38. The Bertz CT molecular complexity index is 189. The summed E-state index contributed by atoms with van der Waals surface area (Å²) in [7, 11) is 0. The summed E-state index contributed by atoms with van der Waals surface area (Å²) in [4.78, 5) is 1.71. The van der Waals surface area contributed by atoms with Gasteiger partial charge in [0, 0.05) is 18.8 Å². The molecule has 2 bridgehead atoms. The van der Waals surface area contributed by atoms with E-state index < -0.39 is 0 Å². The van der Waals surface area contributed by atoms with E-state index in [0.717, 1.165) is 5.92 Å². The van der Waals surface area contributed by atoms with Crippen LogP contribution in [0.4, 0.5) is 0 Å². The monoisotopic (exact) mass is 166 g/mol. The van der Waals surface area contributed by atoms with Crippen molar-refractivity contribution >= 4 is 0 Å². The summed E-state index contributed by atoms with van der Waals surface area (Å²) in [6, 6.07) is 0. The minimum Gasteiger partial charge on any atom is -0.359 e. The normalized spacial score (nSPS) is 39.4. The molecule has 3 aliphatic heterocycles. The van der Waals surface area contributed by atoms with E-state index in [-0.39, 0.29) is 0 Å². The highest BCUT2D eigenvalue weighted by molar-refractivity contribution is 4.85. The molecule has 2 nitrogen and oxygen atoms in total. The molecule has 0 unspecified atom stereocenters. The Morgan fingerprint density at radius 1 is 1.42 bits per heavy atom. The zero-order valence-electron chi connectivity index (χ0n) is 7.38. The van der Waals surface area contributed by atoms with E-state index in [1.54, 1.807) is 4.90 Å². The van der Waals surface area contributed by atoms with E-state index >= 15 is 0 Å². The maximum absolute atomic E-state index is 5.61. The number of hydrogen-bond donors (Lipinski definition) is 1. The maximum Gasteiger partial charge on any atom is 0.111 e. The zero-order valence-corrected chi connectivity index (χ0v) is 7.38. The van der Waals surface area contributed by atoms with Crippen molar-refractivity contribution in [2.75, 3.05) is 26.2 Å². The molecule has 3 heterocycles. The first-order chi connectivity index (χ1) is 5.90. The van der Waals surface area contributed by atoms with Crippen LogP contribution in [0.25, 0.3) is 0 Å². The number of terminal acetylenes is 1. The molecule has 2 heteroatoms. The quantitative estimate of drug-likeness (QED) is 0.536. The fourth-order valence-electron chi connectivity index (χ4n) is 2.43. The van der Waals surface area contributed by atoms with Gasteiger partial charge in [0.25, 0.3) is 0 Å². The van der Waals surface area contributed by atoms with Gasteiger partial charge in [-0.25, -0.2) is 0 Å². The summed E-state index contributed by atoms with van der Waals surface area (Å²) in [5.74, 6) is 3.34. The summed E-state index contributed by atoms with van der Waals surface area (Å²) in [5.41, 5.74) is 0. The molecule has 0 radical (unpaired) electrons. The van der Waals surface area contributed by atoms with Crippen molar-refractivity contribution < 1.29 is 9.64 Å². The van der Waals surface area contributed by atoms with Gasteiger partial charge in [-0.1, -0.05) is 5.92 Å². The third-order valence-electron chi connectivity index (χ3n) is 3.13. The van der Waals surface area contributed by atoms with Crippen LogP contribution in [0.2, 0.25) is 0 Å². The Balaban J connectivity index is 1.87. The molecule has 3 saturated heterocycles. The summed E-state index contributed by atoms with van der Waals surface area (Å²) in [5, 5.41) is 0. The van der Waals surface area contributed by atoms with Gasteiger partial charge >= 0.3 is 0 Å². The molecule has 0 aliphatic carbocycles. The standard InChI is InChI=1S/C10H15NO/c1-2-7-12-10-8-11-5-3-9(10)4-6-11/h1,9-10H,3-8H2/p+1/t10-/m0/s1. The Hall–Kier alpha value is -0.520. The number of ether oxygens (including phenoxy) is 1. The van der Waals surface area contributed by atoms with Crippen molar-refractivity contribution in [3.05, 3.63) is 0 Å². The molecule has 1 N–H and O–H groups in total. The molecule has 0 saturated carbocycles. The van der Waals surface area contributed by atoms with Gasteiger partial charge < -0.3 is 9.64 Å². The van der Waals surface area contributed by atoms with Gasteiger partial charge in [0.05, 0.1) is 13.1 Å². The van der Waals surface area contributed by atoms with Gasteiger partial charge in [-0.05, 0) is 0 Å². The molecule has 12 heavy (non-hydrogen) atoms. The van der Waals surface area contributed by atoms with Crippen LogP contribution in [-0.4, -0.2) is 32.3 Å². The van der Waals surface area contributed by atoms with Gasteiger partial charge in [0.2, 0.25) is 0 Å². The lowest BCUT2D eigenvalue weighted by Crippen LogP contribution is -3.16. The fourth-order valence-corrected chi connectivity index (χ4v) is 2.43. The van der Waals surface area contributed by atoms with Crippen LogP contribution in [0.5, 0.6) is 0 Å². The predicted octanol–water partition coefficient (Wildman–Crippen LogP) is -0.687. The molecule has 3 aliphatic rings. The first-order valence-electron chi connectivity index (χ1n) is 4.79. The van der Waals surface area contributed by atoms with Crippen molar-refractivity contribution in [3.63, 3.8) is 0 Å². The highest BCUT2D eigenvalue weighted by Gasteiger charge is 2.37. The molecular weight excluding hydrogens is 150 g/mol. The topological polar surface area (TPSA) is 13.7 Å². The molecule has 0 aromatic heterocycles. The lowest BCUT2D eigenvalue weighted by Gasteiger charge is -2.41. The SMILES string of the molecule is C#CCO[C@H]1C[NH+]2CCC1CC2. The highest BCUT2D eigenvalue weighted by atomic mass is 16.5. The van der Waals surface area contributed by atoms with Crippen molar-refractivity contribution in [1.29, 1.82) is 0 Å². The second-order valence-electron chi connectivity index (χ2n) is 3.85. The third-order valence-corrected chi connectivity index (χ3v) is 3.13. The van der Waals surface area contributed by atoms with E-state index in [2.05, 4.69) is 5.92 Å². The van der Waals surface area contributed by atoms with Crippen molar-refractivity contribution in [2.45, 2.75) is 18.9 Å².